The molecule has 1 saturated heterocycles. The van der Waals surface area contributed by atoms with Gasteiger partial charge in [0, 0.05) is 55.7 Å². The molecular formula is C15H24N4O2. The average Bonchev–Trinajstić information content (AvgIpc) is 2.47. The van der Waals surface area contributed by atoms with E-state index < -0.39 is 0 Å². The third-order valence-electron chi connectivity index (χ3n) is 4.03. The lowest BCUT2D eigenvalue weighted by Crippen LogP contribution is -2.51. The molecule has 1 aromatic carbocycles. The smallest absolute Gasteiger partial charge is 0.273 e. The number of benzene rings is 1. The maximum atomic E-state index is 11.1. The van der Waals surface area contributed by atoms with E-state index in [1.54, 1.807) is 12.1 Å². The van der Waals surface area contributed by atoms with Crippen LogP contribution in [0.3, 0.4) is 0 Å². The quantitative estimate of drug-likeness (QED) is 0.667. The van der Waals surface area contributed by atoms with Gasteiger partial charge in [0.1, 0.15) is 0 Å². The summed E-state index contributed by atoms with van der Waals surface area (Å²) in [6, 6.07) is 5.74. The van der Waals surface area contributed by atoms with Crippen LogP contribution in [0.2, 0.25) is 0 Å². The Labute approximate surface area is 125 Å². The number of nitrogens with one attached hydrogen (secondary N) is 1. The summed E-state index contributed by atoms with van der Waals surface area (Å²) >= 11 is 0. The Hall–Kier alpha value is -1.82. The molecule has 0 radical (unpaired) electrons. The van der Waals surface area contributed by atoms with Crippen molar-refractivity contribution in [1.82, 2.24) is 4.90 Å². The van der Waals surface area contributed by atoms with E-state index in [1.165, 1.54) is 0 Å². The minimum atomic E-state index is -0.323. The molecule has 6 heteroatoms. The zero-order valence-electron chi connectivity index (χ0n) is 13.0. The molecule has 0 aromatic heterocycles. The second-order valence-corrected chi connectivity index (χ2v) is 5.45. The lowest BCUT2D eigenvalue weighted by molar-refractivity contribution is -0.384. The lowest BCUT2D eigenvalue weighted by atomic mass is 10.1. The predicted octanol–water partition coefficient (Wildman–Crippen LogP) is 2.56. The van der Waals surface area contributed by atoms with Crippen LogP contribution in [0.4, 0.5) is 17.1 Å². The van der Waals surface area contributed by atoms with E-state index in [2.05, 4.69) is 29.0 Å². The number of likely N-dealkylation sites (N-methyl/N-ethyl adjacent to an activating group) is 1. The number of hydrogen-bond donors (Lipinski definition) is 1. The second kappa shape index (κ2) is 6.76. The molecule has 1 atom stereocenters. The monoisotopic (exact) mass is 292 g/mol. The summed E-state index contributed by atoms with van der Waals surface area (Å²) < 4.78 is 0. The molecule has 0 saturated carbocycles. The molecule has 1 N–H and O–H groups in total. The van der Waals surface area contributed by atoms with Crippen LogP contribution in [0, 0.1) is 10.1 Å². The summed E-state index contributed by atoms with van der Waals surface area (Å²) in [7, 11) is 0. The standard InChI is InChI=1S/C15H24N4O2/c1-4-16-13-8-14(10-15(9-13)19(20)21)18-7-6-17(5-2)12(3)11-18/h8-10,12,16H,4-7,11H2,1-3H3. The number of nitro benzene ring substituents is 1. The average molecular weight is 292 g/mol. The van der Waals surface area contributed by atoms with Crippen molar-refractivity contribution >= 4 is 17.1 Å². The zero-order valence-corrected chi connectivity index (χ0v) is 13.0. The largest absolute Gasteiger partial charge is 0.385 e. The van der Waals surface area contributed by atoms with Crippen molar-refractivity contribution in [3.05, 3.63) is 28.3 Å². The molecule has 1 heterocycles. The zero-order chi connectivity index (χ0) is 15.4. The fourth-order valence-electron chi connectivity index (χ4n) is 2.89. The van der Waals surface area contributed by atoms with Crippen molar-refractivity contribution in [2.75, 3.05) is 42.9 Å². The van der Waals surface area contributed by atoms with E-state index in [0.717, 1.165) is 44.1 Å². The Morgan fingerprint density at radius 3 is 2.67 bits per heavy atom. The molecule has 1 aliphatic rings. The summed E-state index contributed by atoms with van der Waals surface area (Å²) in [4.78, 5) is 15.5. The molecule has 1 fully saturated rings. The maximum absolute atomic E-state index is 11.1. The lowest BCUT2D eigenvalue weighted by Gasteiger charge is -2.40. The van der Waals surface area contributed by atoms with E-state index in [1.807, 2.05) is 13.0 Å². The first-order valence-corrected chi connectivity index (χ1v) is 7.57. The minimum Gasteiger partial charge on any atom is -0.385 e. The fraction of sp³-hybridized carbons (Fsp3) is 0.600. The molecule has 2 rings (SSSR count). The summed E-state index contributed by atoms with van der Waals surface area (Å²) in [5.41, 5.74) is 1.89. The number of hydrogen-bond acceptors (Lipinski definition) is 5. The third-order valence-corrected chi connectivity index (χ3v) is 4.03. The van der Waals surface area contributed by atoms with E-state index in [-0.39, 0.29) is 10.6 Å². The molecule has 21 heavy (non-hydrogen) atoms. The molecule has 1 aliphatic heterocycles. The van der Waals surface area contributed by atoms with E-state index in [4.69, 9.17) is 0 Å². The highest BCUT2D eigenvalue weighted by molar-refractivity contribution is 5.64. The van der Waals surface area contributed by atoms with E-state index >= 15 is 0 Å². The number of piperazine rings is 1. The van der Waals surface area contributed by atoms with Crippen molar-refractivity contribution < 1.29 is 4.92 Å². The second-order valence-electron chi connectivity index (χ2n) is 5.45. The van der Waals surface area contributed by atoms with Gasteiger partial charge in [0.2, 0.25) is 0 Å². The summed E-state index contributed by atoms with van der Waals surface area (Å²) in [5, 5.41) is 14.3. The molecule has 1 unspecified atom stereocenters. The van der Waals surface area contributed by atoms with Crippen LogP contribution in [0.1, 0.15) is 20.8 Å². The van der Waals surface area contributed by atoms with Crippen LogP contribution in [-0.2, 0) is 0 Å². The maximum Gasteiger partial charge on any atom is 0.273 e. The van der Waals surface area contributed by atoms with Gasteiger partial charge in [-0.25, -0.2) is 0 Å². The number of nitrogens with zero attached hydrogens (tertiary/aromatic N) is 3. The van der Waals surface area contributed by atoms with Crippen LogP contribution < -0.4 is 10.2 Å². The van der Waals surface area contributed by atoms with Gasteiger partial charge >= 0.3 is 0 Å². The number of non-ortho nitro benzene ring substituents is 1. The third kappa shape index (κ3) is 3.64. The van der Waals surface area contributed by atoms with Crippen LogP contribution in [0.5, 0.6) is 0 Å². The molecule has 6 nitrogen and oxygen atoms in total. The Kier molecular flexibility index (Phi) is 5.01. The molecule has 0 amide bonds. The highest BCUT2D eigenvalue weighted by atomic mass is 16.6. The van der Waals surface area contributed by atoms with E-state index in [9.17, 15) is 10.1 Å². The molecule has 0 bridgehead atoms. The normalized spacial score (nSPS) is 19.6. The van der Waals surface area contributed by atoms with Crippen molar-refractivity contribution in [2.24, 2.45) is 0 Å². The Bertz CT molecular complexity index is 506. The molecule has 116 valence electrons. The molecule has 0 spiro atoms. The van der Waals surface area contributed by atoms with Gasteiger partial charge in [0.15, 0.2) is 0 Å². The highest BCUT2D eigenvalue weighted by Gasteiger charge is 2.24. The highest BCUT2D eigenvalue weighted by Crippen LogP contribution is 2.28. The number of anilines is 2. The Morgan fingerprint density at radius 2 is 2.10 bits per heavy atom. The minimum absolute atomic E-state index is 0.147. The summed E-state index contributed by atoms with van der Waals surface area (Å²) in [5.74, 6) is 0. The SMILES string of the molecule is CCNc1cc(N2CCN(CC)C(C)C2)cc([N+](=O)[O-])c1. The van der Waals surface area contributed by atoms with E-state index in [0.29, 0.717) is 6.04 Å². The van der Waals surface area contributed by atoms with Gasteiger partial charge in [-0.2, -0.15) is 0 Å². The van der Waals surface area contributed by atoms with Crippen LogP contribution in [-0.4, -0.2) is 48.6 Å². The summed E-state index contributed by atoms with van der Waals surface area (Å²) in [6.07, 6.45) is 0. The molecule has 0 aliphatic carbocycles. The first kappa shape index (κ1) is 15.6. The van der Waals surface area contributed by atoms with Crippen molar-refractivity contribution in [1.29, 1.82) is 0 Å². The van der Waals surface area contributed by atoms with Gasteiger partial charge in [0.05, 0.1) is 4.92 Å². The molecular weight excluding hydrogens is 268 g/mol. The van der Waals surface area contributed by atoms with Gasteiger partial charge < -0.3 is 10.2 Å². The topological polar surface area (TPSA) is 61.6 Å². The van der Waals surface area contributed by atoms with Gasteiger partial charge in [-0.3, -0.25) is 15.0 Å². The first-order valence-electron chi connectivity index (χ1n) is 7.57. The number of nitro groups is 1. The van der Waals surface area contributed by atoms with Crippen molar-refractivity contribution in [2.45, 2.75) is 26.8 Å². The van der Waals surface area contributed by atoms with Gasteiger partial charge in [-0.05, 0) is 26.5 Å². The van der Waals surface area contributed by atoms with Gasteiger partial charge in [0.25, 0.3) is 5.69 Å². The van der Waals surface area contributed by atoms with Crippen molar-refractivity contribution in [3.63, 3.8) is 0 Å². The van der Waals surface area contributed by atoms with Crippen molar-refractivity contribution in [3.8, 4) is 0 Å². The predicted molar refractivity (Wildman–Crippen MR) is 86.2 cm³/mol. The molecule has 1 aromatic rings. The number of rotatable bonds is 5. The van der Waals surface area contributed by atoms with Gasteiger partial charge in [-0.15, -0.1) is 0 Å². The Balaban J connectivity index is 2.24. The summed E-state index contributed by atoms with van der Waals surface area (Å²) in [6.45, 7) is 11.0. The first-order chi connectivity index (χ1) is 10.0. The van der Waals surface area contributed by atoms with Crippen LogP contribution >= 0.6 is 0 Å². The van der Waals surface area contributed by atoms with Crippen LogP contribution in [0.15, 0.2) is 18.2 Å². The Morgan fingerprint density at radius 1 is 1.33 bits per heavy atom. The van der Waals surface area contributed by atoms with Gasteiger partial charge in [-0.1, -0.05) is 6.92 Å². The fourth-order valence-corrected chi connectivity index (χ4v) is 2.89. The van der Waals surface area contributed by atoms with Crippen LogP contribution in [0.25, 0.3) is 0 Å².